The fourth-order valence-corrected chi connectivity index (χ4v) is 4.42. The van der Waals surface area contributed by atoms with Crippen molar-refractivity contribution < 1.29 is 14.2 Å². The lowest BCUT2D eigenvalue weighted by molar-refractivity contribution is 0.0246. The lowest BCUT2D eigenvalue weighted by atomic mass is 10.0. The van der Waals surface area contributed by atoms with Gasteiger partial charge in [-0.2, -0.15) is 5.10 Å². The molecule has 4 atom stereocenters. The average Bonchev–Trinajstić information content (AvgIpc) is 3.26. The van der Waals surface area contributed by atoms with Crippen LogP contribution < -0.4 is 16.8 Å². The van der Waals surface area contributed by atoms with E-state index >= 15 is 0 Å². The van der Waals surface area contributed by atoms with E-state index in [1.165, 1.54) is 11.3 Å². The maximum absolute atomic E-state index is 13.9. The summed E-state index contributed by atoms with van der Waals surface area (Å²) in [4.78, 5) is 4.52. The van der Waals surface area contributed by atoms with Crippen LogP contribution in [0.4, 0.5) is 15.1 Å². The molecule has 3 aromatic rings. The number of aryl methyl sites for hydroxylation is 1. The van der Waals surface area contributed by atoms with Crippen molar-refractivity contribution in [2.45, 2.75) is 37.4 Å². The van der Waals surface area contributed by atoms with Gasteiger partial charge in [-0.05, 0) is 12.8 Å². The van der Waals surface area contributed by atoms with Crippen molar-refractivity contribution in [1.29, 1.82) is 0 Å². The molecule has 1 aliphatic rings. The molecule has 3 heterocycles. The number of thiazole rings is 1. The lowest BCUT2D eigenvalue weighted by Gasteiger charge is -2.19. The van der Waals surface area contributed by atoms with Crippen LogP contribution in [0.1, 0.15) is 36.6 Å². The number of hydrogen-bond donors (Lipinski definition) is 4. The van der Waals surface area contributed by atoms with E-state index in [0.717, 1.165) is 10.6 Å². The first-order valence-corrected chi connectivity index (χ1v) is 10.5. The number of nitrogen functional groups attached to an aromatic ring is 1. The molecule has 1 saturated heterocycles. The standard InChI is InChI=1S/C20H25FN6O2S/c1-27-17(15-8-7-13(22)12(21)10-29-15)14(9-24-27)25-19(28)16-18(23)30-20(26-16)11-5-3-2-4-6-11/h2-6,9,12-13,15,19,25,28H,7-8,10,22-23H2,1H3/t12-,13-,15+,19?/m1/s1. The minimum Gasteiger partial charge on any atom is -0.389 e. The molecule has 0 amide bonds. The molecule has 2 aromatic heterocycles. The number of hydrogen-bond acceptors (Lipinski definition) is 8. The Balaban J connectivity index is 1.55. The summed E-state index contributed by atoms with van der Waals surface area (Å²) in [6, 6.07) is 9.10. The van der Waals surface area contributed by atoms with E-state index in [-0.39, 0.29) is 12.7 Å². The second kappa shape index (κ2) is 8.68. The fraction of sp³-hybridized carbons (Fsp3) is 0.400. The van der Waals surface area contributed by atoms with Gasteiger partial charge in [0.1, 0.15) is 28.0 Å². The number of aliphatic hydroxyl groups excluding tert-OH is 1. The molecule has 1 unspecified atom stereocenters. The Bertz CT molecular complexity index is 983. The summed E-state index contributed by atoms with van der Waals surface area (Å²) in [6.45, 7) is -0.0710. The van der Waals surface area contributed by atoms with Crippen LogP contribution in [-0.2, 0) is 11.8 Å². The van der Waals surface area contributed by atoms with Gasteiger partial charge in [0.05, 0.1) is 24.2 Å². The van der Waals surface area contributed by atoms with E-state index in [9.17, 15) is 9.50 Å². The molecule has 0 aliphatic carbocycles. The molecule has 6 N–H and O–H groups in total. The number of halogens is 1. The Hall–Kier alpha value is -2.53. The molecule has 30 heavy (non-hydrogen) atoms. The topological polar surface area (TPSA) is 124 Å². The number of benzene rings is 1. The summed E-state index contributed by atoms with van der Waals surface area (Å²) >= 11 is 1.31. The minimum absolute atomic E-state index is 0.0710. The van der Waals surface area contributed by atoms with Crippen LogP contribution in [0.3, 0.4) is 0 Å². The van der Waals surface area contributed by atoms with Gasteiger partial charge in [0.25, 0.3) is 0 Å². The van der Waals surface area contributed by atoms with Crippen molar-refractivity contribution in [2.75, 3.05) is 17.7 Å². The number of nitrogens with zero attached hydrogens (tertiary/aromatic N) is 3. The second-order valence-electron chi connectivity index (χ2n) is 7.33. The molecule has 0 radical (unpaired) electrons. The van der Waals surface area contributed by atoms with Gasteiger partial charge in [-0.1, -0.05) is 41.7 Å². The van der Waals surface area contributed by atoms with E-state index in [0.29, 0.717) is 34.9 Å². The highest BCUT2D eigenvalue weighted by atomic mass is 32.1. The normalized spacial score (nSPS) is 23.1. The van der Waals surface area contributed by atoms with E-state index in [1.54, 1.807) is 17.9 Å². The Morgan fingerprint density at radius 1 is 1.33 bits per heavy atom. The summed E-state index contributed by atoms with van der Waals surface area (Å²) in [5, 5.41) is 19.2. The highest BCUT2D eigenvalue weighted by Crippen LogP contribution is 2.36. The van der Waals surface area contributed by atoms with E-state index in [1.807, 2.05) is 30.3 Å². The molecule has 0 bridgehead atoms. The number of anilines is 2. The Morgan fingerprint density at radius 3 is 2.87 bits per heavy atom. The predicted molar refractivity (Wildman–Crippen MR) is 115 cm³/mol. The van der Waals surface area contributed by atoms with Crippen LogP contribution in [-0.4, -0.2) is 38.7 Å². The summed E-state index contributed by atoms with van der Waals surface area (Å²) < 4.78 is 21.3. The lowest BCUT2D eigenvalue weighted by Crippen LogP contribution is -2.32. The molecule has 160 valence electrons. The zero-order valence-corrected chi connectivity index (χ0v) is 17.3. The molecule has 10 heteroatoms. The Morgan fingerprint density at radius 2 is 2.10 bits per heavy atom. The molecule has 4 rings (SSSR count). The predicted octanol–water partition coefficient (Wildman–Crippen LogP) is 2.75. The number of aliphatic hydroxyl groups is 1. The molecular formula is C20H25FN6O2S. The van der Waals surface area contributed by atoms with Crippen LogP contribution in [0, 0.1) is 0 Å². The molecule has 1 aliphatic heterocycles. The van der Waals surface area contributed by atoms with Crippen molar-refractivity contribution in [3.63, 3.8) is 0 Å². The fourth-order valence-electron chi connectivity index (χ4n) is 3.55. The van der Waals surface area contributed by atoms with Gasteiger partial charge < -0.3 is 26.6 Å². The Kier molecular flexibility index (Phi) is 6.00. The van der Waals surface area contributed by atoms with E-state index < -0.39 is 18.4 Å². The van der Waals surface area contributed by atoms with Gasteiger partial charge in [-0.25, -0.2) is 9.37 Å². The van der Waals surface area contributed by atoms with Gasteiger partial charge in [-0.15, -0.1) is 0 Å². The monoisotopic (exact) mass is 432 g/mol. The van der Waals surface area contributed by atoms with Gasteiger partial charge in [0, 0.05) is 18.7 Å². The van der Waals surface area contributed by atoms with Crippen LogP contribution in [0.25, 0.3) is 10.6 Å². The average molecular weight is 433 g/mol. The molecule has 1 aromatic carbocycles. The van der Waals surface area contributed by atoms with Crippen LogP contribution >= 0.6 is 11.3 Å². The first kappa shape index (κ1) is 20.7. The third-order valence-electron chi connectivity index (χ3n) is 5.23. The first-order chi connectivity index (χ1) is 14.4. The number of nitrogens with two attached hydrogens (primary N) is 2. The van der Waals surface area contributed by atoms with E-state index in [4.69, 9.17) is 16.2 Å². The molecule has 0 saturated carbocycles. The third-order valence-corrected chi connectivity index (χ3v) is 6.18. The summed E-state index contributed by atoms with van der Waals surface area (Å²) in [5.74, 6) is 0. The summed E-state index contributed by atoms with van der Waals surface area (Å²) in [6.07, 6.45) is -0.0615. The summed E-state index contributed by atoms with van der Waals surface area (Å²) in [7, 11) is 1.78. The smallest absolute Gasteiger partial charge is 0.171 e. The Labute approximate surface area is 177 Å². The zero-order valence-electron chi connectivity index (χ0n) is 16.5. The van der Waals surface area contributed by atoms with Crippen molar-refractivity contribution >= 4 is 22.0 Å². The first-order valence-electron chi connectivity index (χ1n) is 9.73. The van der Waals surface area contributed by atoms with Gasteiger partial charge in [-0.3, -0.25) is 4.68 Å². The number of rotatable bonds is 5. The maximum atomic E-state index is 13.9. The molecule has 0 spiro atoms. The van der Waals surface area contributed by atoms with Gasteiger partial charge >= 0.3 is 0 Å². The van der Waals surface area contributed by atoms with Crippen molar-refractivity contribution in [3.05, 3.63) is 47.9 Å². The quantitative estimate of drug-likeness (QED) is 0.457. The number of alkyl halides is 1. The molecule has 1 fully saturated rings. The number of aromatic nitrogens is 3. The zero-order chi connectivity index (χ0) is 21.3. The molecular weight excluding hydrogens is 407 g/mol. The largest absolute Gasteiger partial charge is 0.389 e. The highest BCUT2D eigenvalue weighted by molar-refractivity contribution is 7.18. The highest BCUT2D eigenvalue weighted by Gasteiger charge is 2.30. The third kappa shape index (κ3) is 4.17. The second-order valence-corrected chi connectivity index (χ2v) is 8.36. The van der Waals surface area contributed by atoms with Crippen molar-refractivity contribution in [1.82, 2.24) is 14.8 Å². The van der Waals surface area contributed by atoms with Gasteiger partial charge in [0.2, 0.25) is 0 Å². The van der Waals surface area contributed by atoms with E-state index in [2.05, 4.69) is 15.4 Å². The van der Waals surface area contributed by atoms with Crippen molar-refractivity contribution in [2.24, 2.45) is 12.8 Å². The number of ether oxygens (including phenoxy) is 1. The summed E-state index contributed by atoms with van der Waals surface area (Å²) in [5.41, 5.74) is 14.5. The van der Waals surface area contributed by atoms with Crippen molar-refractivity contribution in [3.8, 4) is 10.6 Å². The molecule has 8 nitrogen and oxygen atoms in total. The van der Waals surface area contributed by atoms with Crippen LogP contribution in [0.5, 0.6) is 0 Å². The SMILES string of the molecule is Cn1ncc(NC(O)c2nc(-c3ccccc3)sc2N)c1[C@@H]1CC[C@@H](N)[C@H](F)CO1. The van der Waals surface area contributed by atoms with Gasteiger partial charge in [0.15, 0.2) is 6.23 Å². The minimum atomic E-state index is -1.20. The van der Waals surface area contributed by atoms with Crippen LogP contribution in [0.15, 0.2) is 36.5 Å². The number of nitrogens with one attached hydrogen (secondary N) is 1. The van der Waals surface area contributed by atoms with Crippen LogP contribution in [0.2, 0.25) is 0 Å². The maximum Gasteiger partial charge on any atom is 0.171 e.